The molecule has 3 atom stereocenters. The number of halogens is 1. The van der Waals surface area contributed by atoms with Crippen LogP contribution in [0.2, 0.25) is 0 Å². The van der Waals surface area contributed by atoms with E-state index >= 15 is 0 Å². The molecule has 1 saturated heterocycles. The van der Waals surface area contributed by atoms with Crippen LogP contribution < -0.4 is 4.90 Å². The molecule has 174 valence electrons. The molecule has 0 amide bonds. The maximum atomic E-state index is 14.3. The first-order valence-corrected chi connectivity index (χ1v) is 12.5. The van der Waals surface area contributed by atoms with Crippen molar-refractivity contribution in [3.05, 3.63) is 106 Å². The molecule has 3 aromatic rings. The zero-order valence-electron chi connectivity index (χ0n) is 19.0. The second kappa shape index (κ2) is 8.02. The van der Waals surface area contributed by atoms with Crippen molar-refractivity contribution in [2.75, 3.05) is 11.5 Å². The van der Waals surface area contributed by atoms with Gasteiger partial charge in [0.25, 0.3) is 0 Å². The molecule has 0 N–H and O–H groups in total. The summed E-state index contributed by atoms with van der Waals surface area (Å²) < 4.78 is 6.45. The van der Waals surface area contributed by atoms with Crippen LogP contribution in [0.15, 0.2) is 83.3 Å². The van der Waals surface area contributed by atoms with Gasteiger partial charge < -0.3 is 9.64 Å². The molecular formula is C29H22BrNO4. The van der Waals surface area contributed by atoms with E-state index in [1.54, 1.807) is 31.2 Å². The lowest BCUT2D eigenvalue weighted by Gasteiger charge is -2.36. The summed E-state index contributed by atoms with van der Waals surface area (Å²) in [6.07, 6.45) is 3.86. The minimum Gasteiger partial charge on any atom is -0.464 e. The van der Waals surface area contributed by atoms with Gasteiger partial charge in [-0.05, 0) is 36.2 Å². The van der Waals surface area contributed by atoms with Gasteiger partial charge in [0.15, 0.2) is 11.6 Å². The van der Waals surface area contributed by atoms with Crippen molar-refractivity contribution >= 4 is 45.2 Å². The molecule has 3 aliphatic rings. The lowest BCUT2D eigenvalue weighted by atomic mass is 9.65. The number of hydrogen-bond acceptors (Lipinski definition) is 5. The molecule has 0 radical (unpaired) electrons. The molecule has 6 rings (SSSR count). The summed E-state index contributed by atoms with van der Waals surface area (Å²) in [5.41, 5.74) is 1.83. The van der Waals surface area contributed by atoms with E-state index in [-0.39, 0.29) is 18.2 Å². The van der Waals surface area contributed by atoms with E-state index in [1.165, 1.54) is 0 Å². The molecule has 0 unspecified atom stereocenters. The SMILES string of the molecule is CCOC(=O)[C@@H]1[C@@H](c2ccc(Br)cc2)C2(C(=O)c3ccccc3C2=O)[C@H]2C=Cc3ccccc3N12. The summed E-state index contributed by atoms with van der Waals surface area (Å²) >= 11 is 3.48. The van der Waals surface area contributed by atoms with E-state index in [4.69, 9.17) is 4.74 Å². The highest BCUT2D eigenvalue weighted by Crippen LogP contribution is 2.60. The Morgan fingerprint density at radius 2 is 1.57 bits per heavy atom. The number of Topliss-reactive ketones (excluding diaryl/α,β-unsaturated/α-hetero) is 2. The average Bonchev–Trinajstić information content (AvgIpc) is 3.31. The van der Waals surface area contributed by atoms with Crippen molar-refractivity contribution in [3.8, 4) is 0 Å². The normalized spacial score (nSPS) is 23.3. The fourth-order valence-electron chi connectivity index (χ4n) is 6.16. The number of ether oxygens (including phenoxy) is 1. The van der Waals surface area contributed by atoms with Crippen molar-refractivity contribution in [2.24, 2.45) is 5.41 Å². The van der Waals surface area contributed by atoms with Crippen LogP contribution in [0, 0.1) is 5.41 Å². The summed E-state index contributed by atoms with van der Waals surface area (Å²) in [6.45, 7) is 1.97. The Labute approximate surface area is 211 Å². The first-order chi connectivity index (χ1) is 17.0. The third kappa shape index (κ3) is 2.89. The monoisotopic (exact) mass is 527 g/mol. The minimum atomic E-state index is -1.49. The van der Waals surface area contributed by atoms with Crippen molar-refractivity contribution in [1.82, 2.24) is 0 Å². The lowest BCUT2D eigenvalue weighted by molar-refractivity contribution is -0.145. The van der Waals surface area contributed by atoms with E-state index in [2.05, 4.69) is 15.9 Å². The highest BCUT2D eigenvalue weighted by Gasteiger charge is 2.71. The number of para-hydroxylation sites is 1. The van der Waals surface area contributed by atoms with Crippen molar-refractivity contribution in [2.45, 2.75) is 24.9 Å². The molecule has 0 aromatic heterocycles. The molecule has 0 bridgehead atoms. The van der Waals surface area contributed by atoms with Crippen LogP contribution in [0.4, 0.5) is 5.69 Å². The Bertz CT molecular complexity index is 1380. The first kappa shape index (κ1) is 22.0. The van der Waals surface area contributed by atoms with Crippen LogP contribution in [-0.2, 0) is 9.53 Å². The van der Waals surface area contributed by atoms with Crippen molar-refractivity contribution in [1.29, 1.82) is 0 Å². The van der Waals surface area contributed by atoms with Crippen LogP contribution in [0.25, 0.3) is 6.08 Å². The number of benzene rings is 3. The van der Waals surface area contributed by atoms with Crippen LogP contribution in [-0.4, -0.2) is 36.2 Å². The standard InChI is InChI=1S/C29H22BrNO4/c1-2-35-28(34)25-24(18-11-14-19(30)15-12-18)29(26(32)20-8-4-5-9-21(20)27(29)33)23-16-13-17-7-3-6-10-22(17)31(23)25/h3-16,23-25H,2H2,1H3/t23-,24-,25+/m1/s1. The molecule has 35 heavy (non-hydrogen) atoms. The summed E-state index contributed by atoms with van der Waals surface area (Å²) in [6, 6.07) is 20.8. The van der Waals surface area contributed by atoms with Gasteiger partial charge >= 0.3 is 5.97 Å². The summed E-state index contributed by atoms with van der Waals surface area (Å²) in [5, 5.41) is 0. The summed E-state index contributed by atoms with van der Waals surface area (Å²) in [7, 11) is 0. The smallest absolute Gasteiger partial charge is 0.329 e. The molecule has 6 heteroatoms. The first-order valence-electron chi connectivity index (χ1n) is 11.7. The highest BCUT2D eigenvalue weighted by atomic mass is 79.9. The van der Waals surface area contributed by atoms with Gasteiger partial charge in [-0.25, -0.2) is 4.79 Å². The Morgan fingerprint density at radius 1 is 0.943 bits per heavy atom. The number of esters is 1. The van der Waals surface area contributed by atoms with Crippen LogP contribution in [0.5, 0.6) is 0 Å². The van der Waals surface area contributed by atoms with Gasteiger partial charge in [0, 0.05) is 27.2 Å². The summed E-state index contributed by atoms with van der Waals surface area (Å²) in [5.74, 6) is -1.65. The van der Waals surface area contributed by atoms with Crippen LogP contribution in [0.1, 0.15) is 44.7 Å². The molecule has 3 aromatic carbocycles. The second-order valence-electron chi connectivity index (χ2n) is 9.07. The van der Waals surface area contributed by atoms with Gasteiger partial charge in [0.2, 0.25) is 0 Å². The number of anilines is 1. The minimum absolute atomic E-state index is 0.202. The number of nitrogens with zero attached hydrogens (tertiary/aromatic N) is 1. The number of ketones is 2. The van der Waals surface area contributed by atoms with E-state index in [9.17, 15) is 14.4 Å². The molecule has 1 aliphatic carbocycles. The maximum absolute atomic E-state index is 14.3. The number of rotatable bonds is 3. The zero-order valence-corrected chi connectivity index (χ0v) is 20.6. The van der Waals surface area contributed by atoms with Crippen LogP contribution >= 0.6 is 15.9 Å². The van der Waals surface area contributed by atoms with Gasteiger partial charge in [-0.15, -0.1) is 0 Å². The Kier molecular flexibility index (Phi) is 5.04. The zero-order chi connectivity index (χ0) is 24.3. The quantitative estimate of drug-likeness (QED) is 0.335. The summed E-state index contributed by atoms with van der Waals surface area (Å²) in [4.78, 5) is 44.3. The maximum Gasteiger partial charge on any atom is 0.329 e. The molecule has 1 fully saturated rings. The fraction of sp³-hybridized carbons (Fsp3) is 0.207. The predicted molar refractivity (Wildman–Crippen MR) is 137 cm³/mol. The second-order valence-corrected chi connectivity index (χ2v) is 9.98. The van der Waals surface area contributed by atoms with E-state index < -0.39 is 29.4 Å². The van der Waals surface area contributed by atoms with Gasteiger partial charge in [0.1, 0.15) is 11.5 Å². The molecule has 2 heterocycles. The number of carbonyl (C=O) groups excluding carboxylic acids is 3. The molecule has 0 saturated carbocycles. The third-order valence-electron chi connectivity index (χ3n) is 7.47. The van der Waals surface area contributed by atoms with Gasteiger partial charge in [-0.2, -0.15) is 0 Å². The van der Waals surface area contributed by atoms with Crippen molar-refractivity contribution < 1.29 is 19.1 Å². The Hall–Kier alpha value is -3.51. The van der Waals surface area contributed by atoms with Gasteiger partial charge in [-0.3, -0.25) is 9.59 Å². The van der Waals surface area contributed by atoms with Crippen LogP contribution in [0.3, 0.4) is 0 Å². The Balaban J connectivity index is 1.67. The molecule has 2 aliphatic heterocycles. The van der Waals surface area contributed by atoms with E-state index in [1.807, 2.05) is 65.6 Å². The fourth-order valence-corrected chi connectivity index (χ4v) is 6.42. The molecular weight excluding hydrogens is 506 g/mol. The largest absolute Gasteiger partial charge is 0.464 e. The average molecular weight is 528 g/mol. The Morgan fingerprint density at radius 3 is 2.23 bits per heavy atom. The van der Waals surface area contributed by atoms with Crippen molar-refractivity contribution in [3.63, 3.8) is 0 Å². The topological polar surface area (TPSA) is 63.7 Å². The lowest BCUT2D eigenvalue weighted by Crippen LogP contribution is -2.48. The van der Waals surface area contributed by atoms with Gasteiger partial charge in [-0.1, -0.05) is 82.7 Å². The number of fused-ring (bicyclic) bond motifs is 5. The molecule has 1 spiro atoms. The van der Waals surface area contributed by atoms with E-state index in [0.717, 1.165) is 21.3 Å². The predicted octanol–water partition coefficient (Wildman–Crippen LogP) is 5.45. The molecule has 5 nitrogen and oxygen atoms in total. The van der Waals surface area contributed by atoms with E-state index in [0.29, 0.717) is 11.1 Å². The van der Waals surface area contributed by atoms with Gasteiger partial charge in [0.05, 0.1) is 12.6 Å². The number of carbonyl (C=O) groups is 3. The third-order valence-corrected chi connectivity index (χ3v) is 8.00. The highest BCUT2D eigenvalue weighted by molar-refractivity contribution is 9.10. The number of hydrogen-bond donors (Lipinski definition) is 0.